The van der Waals surface area contributed by atoms with E-state index in [1.807, 2.05) is 36.1 Å². The fourth-order valence-electron chi connectivity index (χ4n) is 3.17. The Hall–Kier alpha value is -1.84. The fraction of sp³-hybridized carbons (Fsp3) is 0.500. The molecule has 4 nitrogen and oxygen atoms in total. The Labute approximate surface area is 119 Å². The van der Waals surface area contributed by atoms with Crippen LogP contribution in [0.2, 0.25) is 0 Å². The third-order valence-corrected chi connectivity index (χ3v) is 4.30. The summed E-state index contributed by atoms with van der Waals surface area (Å²) in [5, 5.41) is 0. The Morgan fingerprint density at radius 2 is 1.90 bits per heavy atom. The van der Waals surface area contributed by atoms with Crippen molar-refractivity contribution in [3.8, 4) is 0 Å². The van der Waals surface area contributed by atoms with Gasteiger partial charge < -0.3 is 9.80 Å². The van der Waals surface area contributed by atoms with Gasteiger partial charge in [-0.25, -0.2) is 0 Å². The van der Waals surface area contributed by atoms with Gasteiger partial charge in [0.1, 0.15) is 0 Å². The molecule has 0 spiro atoms. The molecule has 0 aliphatic carbocycles. The molecular formula is C16H20N2O2. The molecule has 2 aliphatic heterocycles. The maximum absolute atomic E-state index is 12.4. The summed E-state index contributed by atoms with van der Waals surface area (Å²) in [6.07, 6.45) is 2.53. The summed E-state index contributed by atoms with van der Waals surface area (Å²) >= 11 is 0. The summed E-state index contributed by atoms with van der Waals surface area (Å²) in [7, 11) is 0. The molecule has 1 aromatic carbocycles. The summed E-state index contributed by atoms with van der Waals surface area (Å²) in [6.45, 7) is 4.24. The molecule has 106 valence electrons. The van der Waals surface area contributed by atoms with Crippen LogP contribution < -0.4 is 4.90 Å². The first-order valence-electron chi connectivity index (χ1n) is 7.31. The van der Waals surface area contributed by atoms with E-state index in [-0.39, 0.29) is 17.7 Å². The van der Waals surface area contributed by atoms with E-state index in [0.29, 0.717) is 13.0 Å². The molecule has 0 N–H and O–H groups in total. The number of hydrogen-bond donors (Lipinski definition) is 0. The van der Waals surface area contributed by atoms with Crippen molar-refractivity contribution >= 4 is 17.5 Å². The molecule has 2 heterocycles. The smallest absolute Gasteiger partial charge is 0.228 e. The van der Waals surface area contributed by atoms with Crippen LogP contribution in [-0.2, 0) is 9.59 Å². The van der Waals surface area contributed by atoms with Crippen LogP contribution in [0.5, 0.6) is 0 Å². The molecule has 2 fully saturated rings. The van der Waals surface area contributed by atoms with Crippen molar-refractivity contribution in [3.63, 3.8) is 0 Å². The van der Waals surface area contributed by atoms with E-state index in [0.717, 1.165) is 37.2 Å². The molecule has 4 heteroatoms. The van der Waals surface area contributed by atoms with E-state index in [1.54, 1.807) is 4.90 Å². The molecule has 0 aromatic heterocycles. The van der Waals surface area contributed by atoms with E-state index >= 15 is 0 Å². The van der Waals surface area contributed by atoms with Crippen molar-refractivity contribution in [1.82, 2.24) is 4.90 Å². The van der Waals surface area contributed by atoms with Crippen molar-refractivity contribution in [2.24, 2.45) is 5.92 Å². The number of amides is 2. The number of hydrogen-bond acceptors (Lipinski definition) is 2. The zero-order valence-corrected chi connectivity index (χ0v) is 11.8. The van der Waals surface area contributed by atoms with E-state index in [1.165, 1.54) is 0 Å². The number of likely N-dealkylation sites (tertiary alicyclic amines) is 1. The maximum Gasteiger partial charge on any atom is 0.228 e. The monoisotopic (exact) mass is 272 g/mol. The van der Waals surface area contributed by atoms with Crippen molar-refractivity contribution in [1.29, 1.82) is 0 Å². The highest BCUT2D eigenvalue weighted by Crippen LogP contribution is 2.29. The molecule has 1 unspecified atom stereocenters. The average Bonchev–Trinajstić information content (AvgIpc) is 3.08. The summed E-state index contributed by atoms with van der Waals surface area (Å²) in [6, 6.07) is 7.85. The predicted molar refractivity (Wildman–Crippen MR) is 77.5 cm³/mol. The van der Waals surface area contributed by atoms with E-state index in [9.17, 15) is 9.59 Å². The van der Waals surface area contributed by atoms with Gasteiger partial charge in [-0.1, -0.05) is 18.2 Å². The van der Waals surface area contributed by atoms with Crippen molar-refractivity contribution in [2.75, 3.05) is 24.5 Å². The molecule has 2 amide bonds. The van der Waals surface area contributed by atoms with Crippen LogP contribution in [0, 0.1) is 12.8 Å². The van der Waals surface area contributed by atoms with Crippen LogP contribution in [0.25, 0.3) is 0 Å². The van der Waals surface area contributed by atoms with Gasteiger partial charge in [0.05, 0.1) is 5.92 Å². The SMILES string of the molecule is Cc1ccccc1N1CC(C(=O)N2CCCC2)CC1=O. The summed E-state index contributed by atoms with van der Waals surface area (Å²) in [5.74, 6) is 0.0592. The third kappa shape index (κ3) is 2.30. The van der Waals surface area contributed by atoms with Gasteiger partial charge in [0.25, 0.3) is 0 Å². The van der Waals surface area contributed by atoms with Crippen LogP contribution in [0.4, 0.5) is 5.69 Å². The first-order chi connectivity index (χ1) is 9.66. The van der Waals surface area contributed by atoms with Gasteiger partial charge in [0, 0.05) is 31.7 Å². The first-order valence-corrected chi connectivity index (χ1v) is 7.31. The minimum Gasteiger partial charge on any atom is -0.342 e. The quantitative estimate of drug-likeness (QED) is 0.826. The lowest BCUT2D eigenvalue weighted by Gasteiger charge is -2.21. The lowest BCUT2D eigenvalue weighted by molar-refractivity contribution is -0.134. The van der Waals surface area contributed by atoms with Crippen molar-refractivity contribution in [2.45, 2.75) is 26.2 Å². The second-order valence-electron chi connectivity index (χ2n) is 5.72. The first kappa shape index (κ1) is 13.2. The minimum absolute atomic E-state index is 0.0665. The molecule has 20 heavy (non-hydrogen) atoms. The number of carbonyl (C=O) groups excluding carboxylic acids is 2. The number of carbonyl (C=O) groups is 2. The topological polar surface area (TPSA) is 40.6 Å². The van der Waals surface area contributed by atoms with Crippen LogP contribution in [0.3, 0.4) is 0 Å². The molecule has 1 atom stereocenters. The van der Waals surface area contributed by atoms with Crippen LogP contribution >= 0.6 is 0 Å². The lowest BCUT2D eigenvalue weighted by Crippen LogP contribution is -2.35. The number of anilines is 1. The Balaban J connectivity index is 1.75. The highest BCUT2D eigenvalue weighted by Gasteiger charge is 2.38. The summed E-state index contributed by atoms with van der Waals surface area (Å²) < 4.78 is 0. The number of rotatable bonds is 2. The Morgan fingerprint density at radius 1 is 1.20 bits per heavy atom. The van der Waals surface area contributed by atoms with E-state index in [4.69, 9.17) is 0 Å². The molecule has 0 saturated carbocycles. The zero-order chi connectivity index (χ0) is 14.1. The fourth-order valence-corrected chi connectivity index (χ4v) is 3.17. The van der Waals surface area contributed by atoms with Crippen molar-refractivity contribution in [3.05, 3.63) is 29.8 Å². The standard InChI is InChI=1S/C16H20N2O2/c1-12-6-2-3-7-14(12)18-11-13(10-15(18)19)16(20)17-8-4-5-9-17/h2-3,6-7,13H,4-5,8-11H2,1H3. The molecular weight excluding hydrogens is 252 g/mol. The van der Waals surface area contributed by atoms with Gasteiger partial charge >= 0.3 is 0 Å². The Morgan fingerprint density at radius 3 is 2.60 bits per heavy atom. The van der Waals surface area contributed by atoms with Gasteiger partial charge in [-0.2, -0.15) is 0 Å². The normalized spacial score (nSPS) is 22.6. The molecule has 1 aromatic rings. The number of para-hydroxylation sites is 1. The molecule has 3 rings (SSSR count). The van der Waals surface area contributed by atoms with Crippen molar-refractivity contribution < 1.29 is 9.59 Å². The van der Waals surface area contributed by atoms with Gasteiger partial charge in [-0.3, -0.25) is 9.59 Å². The van der Waals surface area contributed by atoms with E-state index < -0.39 is 0 Å². The maximum atomic E-state index is 12.4. The third-order valence-electron chi connectivity index (χ3n) is 4.30. The lowest BCUT2D eigenvalue weighted by atomic mass is 10.1. The zero-order valence-electron chi connectivity index (χ0n) is 11.8. The predicted octanol–water partition coefficient (Wildman–Crippen LogP) is 1.97. The Kier molecular flexibility index (Phi) is 3.47. The van der Waals surface area contributed by atoms with Gasteiger partial charge in [0.15, 0.2) is 0 Å². The summed E-state index contributed by atoms with van der Waals surface area (Å²) in [5.41, 5.74) is 2.02. The highest BCUT2D eigenvalue weighted by atomic mass is 16.2. The number of benzene rings is 1. The summed E-state index contributed by atoms with van der Waals surface area (Å²) in [4.78, 5) is 28.3. The van der Waals surface area contributed by atoms with Crippen LogP contribution in [0.1, 0.15) is 24.8 Å². The van der Waals surface area contributed by atoms with Gasteiger partial charge in [-0.15, -0.1) is 0 Å². The second-order valence-corrected chi connectivity index (χ2v) is 5.72. The molecule has 2 saturated heterocycles. The minimum atomic E-state index is -0.166. The Bertz CT molecular complexity index is 535. The highest BCUT2D eigenvalue weighted by molar-refractivity contribution is 6.00. The van der Waals surface area contributed by atoms with Gasteiger partial charge in [0.2, 0.25) is 11.8 Å². The van der Waals surface area contributed by atoms with Crippen LogP contribution in [0.15, 0.2) is 24.3 Å². The number of nitrogens with zero attached hydrogens (tertiary/aromatic N) is 2. The average molecular weight is 272 g/mol. The van der Waals surface area contributed by atoms with E-state index in [2.05, 4.69) is 0 Å². The largest absolute Gasteiger partial charge is 0.342 e. The molecule has 0 bridgehead atoms. The van der Waals surface area contributed by atoms with Gasteiger partial charge in [-0.05, 0) is 31.4 Å². The molecule has 2 aliphatic rings. The second kappa shape index (κ2) is 5.27. The number of aryl methyl sites for hydroxylation is 1. The van der Waals surface area contributed by atoms with Crippen LogP contribution in [-0.4, -0.2) is 36.3 Å². The molecule has 0 radical (unpaired) electrons.